The fourth-order valence-corrected chi connectivity index (χ4v) is 3.12. The molecule has 0 unspecified atom stereocenters. The van der Waals surface area contributed by atoms with Crippen LogP contribution in [0.15, 0.2) is 41.7 Å². The van der Waals surface area contributed by atoms with Gasteiger partial charge < -0.3 is 10.2 Å². The third-order valence-electron chi connectivity index (χ3n) is 3.85. The van der Waals surface area contributed by atoms with Crippen LogP contribution < -0.4 is 10.2 Å². The summed E-state index contributed by atoms with van der Waals surface area (Å²) in [6.45, 7) is 2.79. The summed E-state index contributed by atoms with van der Waals surface area (Å²) in [5.41, 5.74) is 1.85. The second kappa shape index (κ2) is 6.54. The third kappa shape index (κ3) is 3.98. The lowest BCUT2D eigenvalue weighted by Crippen LogP contribution is -2.18. The molecular weight excluding hydrogens is 312 g/mol. The number of nitrogens with one attached hydrogen (secondary N) is 1. The molecule has 2 aromatic rings. The van der Waals surface area contributed by atoms with Crippen LogP contribution in [0.4, 0.5) is 11.5 Å². The van der Waals surface area contributed by atoms with Gasteiger partial charge in [0.15, 0.2) is 14.9 Å². The molecule has 0 amide bonds. The number of pyridine rings is 2. The number of rotatable bonds is 5. The zero-order chi connectivity index (χ0) is 16.3. The molecule has 0 saturated carbocycles. The molecular formula is C16H20N4O2S. The molecule has 6 nitrogen and oxygen atoms in total. The molecule has 1 aliphatic rings. The van der Waals surface area contributed by atoms with Gasteiger partial charge in [0, 0.05) is 32.1 Å². The minimum atomic E-state index is -3.25. The maximum absolute atomic E-state index is 11.4. The summed E-state index contributed by atoms with van der Waals surface area (Å²) in [5, 5.41) is 3.30. The molecule has 2 aromatic heterocycles. The SMILES string of the molecule is CS(=O)(=O)c1ccc(NCc2ccc(N3CCCC3)nc2)cn1. The van der Waals surface area contributed by atoms with Crippen LogP contribution in [0.2, 0.25) is 0 Å². The van der Waals surface area contributed by atoms with Crippen LogP contribution in [0.5, 0.6) is 0 Å². The normalized spacial score (nSPS) is 14.9. The van der Waals surface area contributed by atoms with Crippen LogP contribution in [0, 0.1) is 0 Å². The lowest BCUT2D eigenvalue weighted by molar-refractivity contribution is 0.598. The van der Waals surface area contributed by atoms with E-state index in [1.54, 1.807) is 6.07 Å². The zero-order valence-electron chi connectivity index (χ0n) is 13.1. The fourth-order valence-electron chi connectivity index (χ4n) is 2.56. The van der Waals surface area contributed by atoms with Gasteiger partial charge >= 0.3 is 0 Å². The number of sulfone groups is 1. The molecule has 0 aromatic carbocycles. The lowest BCUT2D eigenvalue weighted by atomic mass is 10.2. The molecule has 7 heteroatoms. The maximum atomic E-state index is 11.4. The highest BCUT2D eigenvalue weighted by Crippen LogP contribution is 2.18. The van der Waals surface area contributed by atoms with Crippen molar-refractivity contribution in [1.82, 2.24) is 9.97 Å². The van der Waals surface area contributed by atoms with Crippen LogP contribution >= 0.6 is 0 Å². The highest BCUT2D eigenvalue weighted by atomic mass is 32.2. The Morgan fingerprint density at radius 2 is 1.87 bits per heavy atom. The van der Waals surface area contributed by atoms with E-state index in [2.05, 4.69) is 26.3 Å². The number of nitrogens with zero attached hydrogens (tertiary/aromatic N) is 3. The smallest absolute Gasteiger partial charge is 0.192 e. The predicted octanol–water partition coefficient (Wildman–Crippen LogP) is 2.09. The largest absolute Gasteiger partial charge is 0.380 e. The third-order valence-corrected chi connectivity index (χ3v) is 4.85. The van der Waals surface area contributed by atoms with Crippen molar-refractivity contribution in [3.63, 3.8) is 0 Å². The maximum Gasteiger partial charge on any atom is 0.192 e. The van der Waals surface area contributed by atoms with Crippen molar-refractivity contribution in [3.05, 3.63) is 42.2 Å². The van der Waals surface area contributed by atoms with Gasteiger partial charge in [0.1, 0.15) is 5.82 Å². The van der Waals surface area contributed by atoms with Crippen molar-refractivity contribution >= 4 is 21.3 Å². The Bertz CT molecular complexity index is 752. The van der Waals surface area contributed by atoms with Crippen molar-refractivity contribution < 1.29 is 8.42 Å². The molecule has 0 bridgehead atoms. The van der Waals surface area contributed by atoms with E-state index in [9.17, 15) is 8.42 Å². The molecule has 23 heavy (non-hydrogen) atoms. The molecule has 122 valence electrons. The van der Waals surface area contributed by atoms with Crippen molar-refractivity contribution in [2.75, 3.05) is 29.6 Å². The van der Waals surface area contributed by atoms with E-state index >= 15 is 0 Å². The first-order chi connectivity index (χ1) is 11.0. The molecule has 0 spiro atoms. The average molecular weight is 332 g/mol. The van der Waals surface area contributed by atoms with Crippen molar-refractivity contribution in [2.45, 2.75) is 24.4 Å². The second-order valence-corrected chi connectivity index (χ2v) is 7.69. The molecule has 1 aliphatic heterocycles. The van der Waals surface area contributed by atoms with E-state index < -0.39 is 9.84 Å². The Kier molecular flexibility index (Phi) is 4.47. The number of aromatic nitrogens is 2. The van der Waals surface area contributed by atoms with Crippen LogP contribution in [0.1, 0.15) is 18.4 Å². The monoisotopic (exact) mass is 332 g/mol. The topological polar surface area (TPSA) is 75.2 Å². The Labute approximate surface area is 136 Å². The van der Waals surface area contributed by atoms with Crippen LogP contribution in [0.3, 0.4) is 0 Å². The van der Waals surface area contributed by atoms with E-state index in [1.807, 2.05) is 12.3 Å². The van der Waals surface area contributed by atoms with Gasteiger partial charge in [-0.15, -0.1) is 0 Å². The van der Waals surface area contributed by atoms with Gasteiger partial charge in [-0.25, -0.2) is 18.4 Å². The predicted molar refractivity (Wildman–Crippen MR) is 90.4 cm³/mol. The van der Waals surface area contributed by atoms with E-state index in [4.69, 9.17) is 0 Å². The molecule has 1 fully saturated rings. The van der Waals surface area contributed by atoms with Gasteiger partial charge in [0.25, 0.3) is 0 Å². The molecule has 1 saturated heterocycles. The van der Waals surface area contributed by atoms with Gasteiger partial charge in [0.2, 0.25) is 0 Å². The van der Waals surface area contributed by atoms with E-state index in [1.165, 1.54) is 25.1 Å². The summed E-state index contributed by atoms with van der Waals surface area (Å²) in [6.07, 6.45) is 7.03. The van der Waals surface area contributed by atoms with Gasteiger partial charge in [-0.3, -0.25) is 0 Å². The van der Waals surface area contributed by atoms with Crippen LogP contribution in [-0.4, -0.2) is 37.7 Å². The average Bonchev–Trinajstić information content (AvgIpc) is 3.07. The first-order valence-electron chi connectivity index (χ1n) is 7.62. The Morgan fingerprint density at radius 3 is 2.43 bits per heavy atom. The summed E-state index contributed by atoms with van der Waals surface area (Å²) in [7, 11) is -3.25. The molecule has 0 aliphatic carbocycles. The highest BCUT2D eigenvalue weighted by molar-refractivity contribution is 7.90. The quantitative estimate of drug-likeness (QED) is 0.904. The van der Waals surface area contributed by atoms with E-state index in [0.29, 0.717) is 6.54 Å². The minimum absolute atomic E-state index is 0.0830. The Hall–Kier alpha value is -2.15. The summed E-state index contributed by atoms with van der Waals surface area (Å²) >= 11 is 0. The molecule has 1 N–H and O–H groups in total. The standard InChI is InChI=1S/C16H20N4O2S/c1-23(21,22)16-7-5-14(12-19-16)17-10-13-4-6-15(18-11-13)20-8-2-3-9-20/h4-7,11-12,17H,2-3,8-10H2,1H3. The van der Waals surface area contributed by atoms with Crippen LogP contribution in [-0.2, 0) is 16.4 Å². The Balaban J connectivity index is 1.59. The lowest BCUT2D eigenvalue weighted by Gasteiger charge is -2.16. The molecule has 0 atom stereocenters. The molecule has 0 radical (unpaired) electrons. The number of hydrogen-bond donors (Lipinski definition) is 1. The van der Waals surface area contributed by atoms with E-state index in [-0.39, 0.29) is 5.03 Å². The van der Waals surface area contributed by atoms with Gasteiger partial charge in [0.05, 0.1) is 11.9 Å². The first kappa shape index (κ1) is 15.7. The van der Waals surface area contributed by atoms with E-state index in [0.717, 1.165) is 36.4 Å². The van der Waals surface area contributed by atoms with Gasteiger partial charge in [-0.05, 0) is 36.6 Å². The fraction of sp³-hybridized carbons (Fsp3) is 0.375. The highest BCUT2D eigenvalue weighted by Gasteiger charge is 2.13. The Morgan fingerprint density at radius 1 is 1.09 bits per heavy atom. The number of hydrogen-bond acceptors (Lipinski definition) is 6. The molecule has 3 heterocycles. The van der Waals surface area contributed by atoms with Gasteiger partial charge in [-0.1, -0.05) is 6.07 Å². The van der Waals surface area contributed by atoms with Crippen LogP contribution in [0.25, 0.3) is 0 Å². The summed E-state index contributed by atoms with van der Waals surface area (Å²) in [5.74, 6) is 1.03. The van der Waals surface area contributed by atoms with Gasteiger partial charge in [-0.2, -0.15) is 0 Å². The summed E-state index contributed by atoms with van der Waals surface area (Å²) in [6, 6.07) is 7.33. The minimum Gasteiger partial charge on any atom is -0.380 e. The van der Waals surface area contributed by atoms with Crippen molar-refractivity contribution in [2.24, 2.45) is 0 Å². The van der Waals surface area contributed by atoms with Crippen molar-refractivity contribution in [3.8, 4) is 0 Å². The summed E-state index contributed by atoms with van der Waals surface area (Å²) in [4.78, 5) is 10.8. The zero-order valence-corrected chi connectivity index (χ0v) is 13.9. The molecule has 3 rings (SSSR count). The number of anilines is 2. The van der Waals surface area contributed by atoms with Crippen molar-refractivity contribution in [1.29, 1.82) is 0 Å². The second-order valence-electron chi connectivity index (χ2n) is 5.73. The first-order valence-corrected chi connectivity index (χ1v) is 9.51. The summed E-state index contributed by atoms with van der Waals surface area (Å²) < 4.78 is 22.7.